The quantitative estimate of drug-likeness (QED) is 0.835. The van der Waals surface area contributed by atoms with Crippen LogP contribution in [0.2, 0.25) is 0 Å². The number of likely N-dealkylation sites (N-methyl/N-ethyl adjacent to an activating group) is 1. The average molecular weight is 287 g/mol. The minimum atomic E-state index is -0.682. The van der Waals surface area contributed by atoms with Gasteiger partial charge in [-0.3, -0.25) is 4.90 Å². The molecule has 0 fully saturated rings. The molecule has 0 aromatic heterocycles. The van der Waals surface area contributed by atoms with E-state index >= 15 is 0 Å². The minimum absolute atomic E-state index is 0.614. The first-order chi connectivity index (χ1) is 7.28. The van der Waals surface area contributed by atoms with Gasteiger partial charge in [0.15, 0.2) is 0 Å². The Bertz CT molecular complexity index is 361. The lowest BCUT2D eigenvalue weighted by atomic mass is 10.1. The van der Waals surface area contributed by atoms with Crippen molar-refractivity contribution < 1.29 is 5.11 Å². The maximum Gasteiger partial charge on any atom is 0.0718 e. The summed E-state index contributed by atoms with van der Waals surface area (Å²) < 4.78 is 0.985. The van der Waals surface area contributed by atoms with E-state index in [4.69, 9.17) is 5.73 Å². The Labute approximate surface area is 105 Å². The maximum atomic E-state index is 9.70. The normalized spacial score (nSPS) is 12.1. The topological polar surface area (TPSA) is 49.5 Å². The number of nitrogen functional groups attached to an aromatic ring is 1. The Balaban J connectivity index is 2.66. The highest BCUT2D eigenvalue weighted by atomic mass is 79.9. The van der Waals surface area contributed by atoms with Gasteiger partial charge in [-0.25, -0.2) is 0 Å². The second-order valence-electron chi connectivity index (χ2n) is 4.83. The van der Waals surface area contributed by atoms with Gasteiger partial charge < -0.3 is 10.8 Å². The second kappa shape index (κ2) is 5.17. The van der Waals surface area contributed by atoms with Gasteiger partial charge in [0.1, 0.15) is 0 Å². The van der Waals surface area contributed by atoms with Crippen LogP contribution < -0.4 is 5.73 Å². The van der Waals surface area contributed by atoms with Gasteiger partial charge in [-0.1, -0.05) is 22.0 Å². The molecule has 3 nitrogen and oxygen atoms in total. The molecule has 0 bridgehead atoms. The maximum absolute atomic E-state index is 9.70. The summed E-state index contributed by atoms with van der Waals surface area (Å²) in [6.45, 7) is 4.95. The van der Waals surface area contributed by atoms with Crippen molar-refractivity contribution >= 4 is 21.6 Å². The lowest BCUT2D eigenvalue weighted by Crippen LogP contribution is -2.35. The zero-order chi connectivity index (χ0) is 12.3. The van der Waals surface area contributed by atoms with Crippen LogP contribution in [-0.4, -0.2) is 29.2 Å². The lowest BCUT2D eigenvalue weighted by molar-refractivity contribution is 0.0425. The third-order valence-corrected chi connectivity index (χ3v) is 2.70. The molecule has 90 valence electrons. The van der Waals surface area contributed by atoms with E-state index in [1.807, 2.05) is 25.2 Å². The molecule has 16 heavy (non-hydrogen) atoms. The van der Waals surface area contributed by atoms with Crippen molar-refractivity contribution in [1.29, 1.82) is 0 Å². The van der Waals surface area contributed by atoms with Crippen molar-refractivity contribution in [2.75, 3.05) is 19.3 Å². The highest BCUT2D eigenvalue weighted by Gasteiger charge is 2.16. The number of nitrogens with two attached hydrogens (primary N) is 1. The van der Waals surface area contributed by atoms with Crippen molar-refractivity contribution in [1.82, 2.24) is 4.90 Å². The van der Waals surface area contributed by atoms with E-state index in [9.17, 15) is 5.11 Å². The SMILES string of the molecule is CN(Cc1ccc(Br)cc1N)CC(C)(C)O. The number of rotatable bonds is 4. The highest BCUT2D eigenvalue weighted by molar-refractivity contribution is 9.10. The Hall–Kier alpha value is -0.580. The molecular formula is C12H19BrN2O. The molecule has 0 amide bonds. The van der Waals surface area contributed by atoms with E-state index in [2.05, 4.69) is 20.8 Å². The summed E-state index contributed by atoms with van der Waals surface area (Å²) in [6.07, 6.45) is 0. The molecule has 1 rings (SSSR count). The molecule has 0 aliphatic rings. The molecule has 0 aliphatic carbocycles. The number of benzene rings is 1. The third-order valence-electron chi connectivity index (χ3n) is 2.21. The fourth-order valence-electron chi connectivity index (χ4n) is 1.72. The molecule has 0 atom stereocenters. The largest absolute Gasteiger partial charge is 0.398 e. The van der Waals surface area contributed by atoms with Crippen LogP contribution in [-0.2, 0) is 6.54 Å². The molecule has 0 saturated carbocycles. The van der Waals surface area contributed by atoms with Gasteiger partial charge in [0.05, 0.1) is 5.60 Å². The predicted octanol–water partition coefficient (Wildman–Crippen LogP) is 2.23. The minimum Gasteiger partial charge on any atom is -0.398 e. The number of nitrogens with zero attached hydrogens (tertiary/aromatic N) is 1. The summed E-state index contributed by atoms with van der Waals surface area (Å²) in [5, 5.41) is 9.70. The van der Waals surface area contributed by atoms with Crippen molar-refractivity contribution in [3.8, 4) is 0 Å². The Morgan fingerprint density at radius 2 is 2.06 bits per heavy atom. The second-order valence-corrected chi connectivity index (χ2v) is 5.74. The molecular weight excluding hydrogens is 268 g/mol. The van der Waals surface area contributed by atoms with Crippen LogP contribution in [0.5, 0.6) is 0 Å². The highest BCUT2D eigenvalue weighted by Crippen LogP contribution is 2.20. The fourth-order valence-corrected chi connectivity index (χ4v) is 2.10. The lowest BCUT2D eigenvalue weighted by Gasteiger charge is -2.25. The summed E-state index contributed by atoms with van der Waals surface area (Å²) in [5.74, 6) is 0. The fraction of sp³-hybridized carbons (Fsp3) is 0.500. The van der Waals surface area contributed by atoms with Crippen LogP contribution in [0.25, 0.3) is 0 Å². The van der Waals surface area contributed by atoms with Gasteiger partial charge in [0, 0.05) is 23.2 Å². The molecule has 3 N–H and O–H groups in total. The summed E-state index contributed by atoms with van der Waals surface area (Å²) >= 11 is 3.38. The molecule has 0 spiro atoms. The van der Waals surface area contributed by atoms with Crippen LogP contribution in [0.1, 0.15) is 19.4 Å². The van der Waals surface area contributed by atoms with Crippen molar-refractivity contribution in [3.05, 3.63) is 28.2 Å². The number of anilines is 1. The summed E-state index contributed by atoms with van der Waals surface area (Å²) in [6, 6.07) is 5.87. The molecule has 1 aromatic rings. The van der Waals surface area contributed by atoms with E-state index in [-0.39, 0.29) is 0 Å². The number of hydrogen-bond acceptors (Lipinski definition) is 3. The molecule has 0 unspecified atom stereocenters. The van der Waals surface area contributed by atoms with E-state index in [1.165, 1.54) is 0 Å². The van der Waals surface area contributed by atoms with Gasteiger partial charge in [0.2, 0.25) is 0 Å². The standard InChI is InChI=1S/C12H19BrN2O/c1-12(2,16)8-15(3)7-9-4-5-10(13)6-11(9)14/h4-6,16H,7-8,14H2,1-3H3. The zero-order valence-corrected chi connectivity index (χ0v) is 11.6. The van der Waals surface area contributed by atoms with Crippen molar-refractivity contribution in [3.63, 3.8) is 0 Å². The van der Waals surface area contributed by atoms with E-state index < -0.39 is 5.60 Å². The van der Waals surface area contributed by atoms with Gasteiger partial charge in [-0.15, -0.1) is 0 Å². The molecule has 1 aromatic carbocycles. The van der Waals surface area contributed by atoms with Crippen LogP contribution in [0.15, 0.2) is 22.7 Å². The number of hydrogen-bond donors (Lipinski definition) is 2. The summed E-state index contributed by atoms with van der Waals surface area (Å²) in [7, 11) is 1.97. The number of halogens is 1. The van der Waals surface area contributed by atoms with E-state index in [0.717, 1.165) is 22.3 Å². The van der Waals surface area contributed by atoms with Gasteiger partial charge >= 0.3 is 0 Å². The zero-order valence-electron chi connectivity index (χ0n) is 10.00. The molecule has 0 heterocycles. The Kier molecular flexibility index (Phi) is 4.35. The monoisotopic (exact) mass is 286 g/mol. The first kappa shape index (κ1) is 13.5. The predicted molar refractivity (Wildman–Crippen MR) is 71.2 cm³/mol. The molecule has 0 saturated heterocycles. The number of aliphatic hydroxyl groups is 1. The summed E-state index contributed by atoms with van der Waals surface area (Å²) in [4.78, 5) is 2.06. The van der Waals surface area contributed by atoms with Crippen molar-refractivity contribution in [2.24, 2.45) is 0 Å². The van der Waals surface area contributed by atoms with E-state index in [1.54, 1.807) is 13.8 Å². The van der Waals surface area contributed by atoms with Crippen LogP contribution in [0.4, 0.5) is 5.69 Å². The Morgan fingerprint density at radius 3 is 2.56 bits per heavy atom. The summed E-state index contributed by atoms with van der Waals surface area (Å²) in [5.41, 5.74) is 7.09. The van der Waals surface area contributed by atoms with Gasteiger partial charge in [0.25, 0.3) is 0 Å². The first-order valence-corrected chi connectivity index (χ1v) is 6.02. The first-order valence-electron chi connectivity index (χ1n) is 5.23. The van der Waals surface area contributed by atoms with Crippen molar-refractivity contribution in [2.45, 2.75) is 26.0 Å². The molecule has 0 radical (unpaired) electrons. The average Bonchev–Trinajstić information content (AvgIpc) is 2.06. The van der Waals surface area contributed by atoms with Gasteiger partial charge in [-0.2, -0.15) is 0 Å². The van der Waals surface area contributed by atoms with Crippen LogP contribution in [0, 0.1) is 0 Å². The Morgan fingerprint density at radius 1 is 1.44 bits per heavy atom. The molecule has 0 aliphatic heterocycles. The third kappa shape index (κ3) is 4.51. The van der Waals surface area contributed by atoms with Crippen LogP contribution >= 0.6 is 15.9 Å². The van der Waals surface area contributed by atoms with E-state index in [0.29, 0.717) is 6.54 Å². The molecule has 4 heteroatoms. The smallest absolute Gasteiger partial charge is 0.0718 e. The van der Waals surface area contributed by atoms with Crippen LogP contribution in [0.3, 0.4) is 0 Å². The van der Waals surface area contributed by atoms with Gasteiger partial charge in [-0.05, 0) is 38.6 Å².